The molecule has 1 atom stereocenters. The lowest BCUT2D eigenvalue weighted by Gasteiger charge is -2.43. The molecule has 0 radical (unpaired) electrons. The van der Waals surface area contributed by atoms with Gasteiger partial charge in [-0.25, -0.2) is 18.4 Å². The second-order valence-corrected chi connectivity index (χ2v) is 10.00. The maximum absolute atomic E-state index is 14.8. The number of urea groups is 1. The van der Waals surface area contributed by atoms with Gasteiger partial charge in [-0.1, -0.05) is 6.58 Å². The molecule has 36 heavy (non-hydrogen) atoms. The number of nitrogens with one attached hydrogen (secondary N) is 2. The van der Waals surface area contributed by atoms with Crippen molar-refractivity contribution in [3.05, 3.63) is 41.6 Å². The van der Waals surface area contributed by atoms with Crippen LogP contribution in [0.25, 0.3) is 0 Å². The van der Waals surface area contributed by atoms with Crippen LogP contribution >= 0.6 is 0 Å². The largest absolute Gasteiger partial charge is 0.442 e. The molecule has 11 heteroatoms. The third-order valence-corrected chi connectivity index (χ3v) is 7.38. The third kappa shape index (κ3) is 4.96. The Bertz CT molecular complexity index is 1040. The first-order valence-corrected chi connectivity index (χ1v) is 12.5. The van der Waals surface area contributed by atoms with Gasteiger partial charge in [0.05, 0.1) is 19.1 Å². The van der Waals surface area contributed by atoms with Crippen LogP contribution in [0.5, 0.6) is 0 Å². The van der Waals surface area contributed by atoms with E-state index in [4.69, 9.17) is 4.74 Å². The number of alkyl carbamates (subject to hydrolysis) is 1. The highest BCUT2D eigenvalue weighted by molar-refractivity contribution is 5.79. The zero-order valence-corrected chi connectivity index (χ0v) is 20.1. The number of hydrogen-bond donors (Lipinski definition) is 2. The summed E-state index contributed by atoms with van der Waals surface area (Å²) in [5, 5.41) is 5.33. The quantitative estimate of drug-likeness (QED) is 0.659. The van der Waals surface area contributed by atoms with Crippen LogP contribution in [-0.2, 0) is 9.53 Å². The Balaban J connectivity index is 1.07. The van der Waals surface area contributed by atoms with Crippen molar-refractivity contribution in [2.75, 3.05) is 44.2 Å². The predicted molar refractivity (Wildman–Crippen MR) is 127 cm³/mol. The van der Waals surface area contributed by atoms with Crippen molar-refractivity contribution in [1.82, 2.24) is 20.4 Å². The lowest BCUT2D eigenvalue weighted by molar-refractivity contribution is -0.121. The molecule has 0 saturated carbocycles. The topological polar surface area (TPSA) is 94.2 Å². The number of benzene rings is 1. The number of halogens is 2. The standard InChI is InChI=1S/C25H31F2N5O4/c1-15-19(5-6-22(33)28-15)23-20(26)9-17(10-21(23)27)31-11-16(12-31)29-24(34)36-18-13-32(14-18)25(35)30-7-3-2-4-8-30/h9-10,16,18-19H,1-8,11-14H2,(H,28,33)(H,29,34). The number of piperidine rings is 2. The van der Waals surface area contributed by atoms with Gasteiger partial charge in [-0.15, -0.1) is 0 Å². The summed E-state index contributed by atoms with van der Waals surface area (Å²) in [5.41, 5.74) is 0.598. The minimum atomic E-state index is -0.684. The smallest absolute Gasteiger partial charge is 0.407 e. The molecule has 9 nitrogen and oxygen atoms in total. The number of hydrogen-bond acceptors (Lipinski definition) is 5. The maximum Gasteiger partial charge on any atom is 0.407 e. The van der Waals surface area contributed by atoms with Crippen LogP contribution in [0.4, 0.5) is 24.1 Å². The molecule has 1 aromatic carbocycles. The number of ether oxygens (including phenoxy) is 1. The van der Waals surface area contributed by atoms with Gasteiger partial charge in [0.1, 0.15) is 17.7 Å². The zero-order valence-electron chi connectivity index (χ0n) is 20.1. The highest BCUT2D eigenvalue weighted by Gasteiger charge is 2.37. The molecule has 2 N–H and O–H groups in total. The first-order valence-electron chi connectivity index (χ1n) is 12.5. The molecular formula is C25H31F2N5O4. The minimum absolute atomic E-state index is 0.00706. The van der Waals surface area contributed by atoms with Crippen LogP contribution < -0.4 is 15.5 Å². The van der Waals surface area contributed by atoms with Gasteiger partial charge >= 0.3 is 12.1 Å². The molecule has 0 spiro atoms. The van der Waals surface area contributed by atoms with Gasteiger partial charge < -0.3 is 30.1 Å². The van der Waals surface area contributed by atoms with Gasteiger partial charge in [-0.2, -0.15) is 0 Å². The summed E-state index contributed by atoms with van der Waals surface area (Å²) in [7, 11) is 0. The van der Waals surface area contributed by atoms with Gasteiger partial charge in [0, 0.05) is 55.5 Å². The summed E-state index contributed by atoms with van der Waals surface area (Å²) in [5.74, 6) is -2.17. The third-order valence-electron chi connectivity index (χ3n) is 7.38. The van der Waals surface area contributed by atoms with Crippen molar-refractivity contribution < 1.29 is 27.9 Å². The molecule has 194 valence electrons. The van der Waals surface area contributed by atoms with E-state index in [0.29, 0.717) is 44.0 Å². The molecule has 4 fully saturated rings. The molecule has 4 saturated heterocycles. The van der Waals surface area contributed by atoms with Crippen LogP contribution in [0, 0.1) is 11.6 Å². The Kier molecular flexibility index (Phi) is 6.72. The Morgan fingerprint density at radius 3 is 2.33 bits per heavy atom. The van der Waals surface area contributed by atoms with E-state index in [1.165, 1.54) is 12.1 Å². The van der Waals surface area contributed by atoms with E-state index in [1.807, 2.05) is 4.90 Å². The number of rotatable bonds is 4. The molecule has 4 amide bonds. The molecule has 4 aliphatic rings. The SMILES string of the molecule is C=C1NC(=O)CCC1c1c(F)cc(N2CC(NC(=O)OC3CN(C(=O)N4CCCCC4)C3)C2)cc1F. The van der Waals surface area contributed by atoms with Crippen LogP contribution in [0.15, 0.2) is 24.4 Å². The van der Waals surface area contributed by atoms with E-state index < -0.39 is 23.6 Å². The predicted octanol–water partition coefficient (Wildman–Crippen LogP) is 2.68. The van der Waals surface area contributed by atoms with E-state index in [0.717, 1.165) is 32.4 Å². The Morgan fingerprint density at radius 1 is 1.03 bits per heavy atom. The number of anilines is 1. The first kappa shape index (κ1) is 24.3. The molecule has 1 aromatic rings. The van der Waals surface area contributed by atoms with Gasteiger partial charge in [-0.3, -0.25) is 4.79 Å². The lowest BCUT2D eigenvalue weighted by atomic mass is 9.87. The number of likely N-dealkylation sites (tertiary alicyclic amines) is 2. The fraction of sp³-hybridized carbons (Fsp3) is 0.560. The molecule has 5 rings (SSSR count). The highest BCUT2D eigenvalue weighted by atomic mass is 19.1. The fourth-order valence-electron chi connectivity index (χ4n) is 5.27. The molecule has 4 aliphatic heterocycles. The van der Waals surface area contributed by atoms with Crippen LogP contribution in [0.3, 0.4) is 0 Å². The van der Waals surface area contributed by atoms with E-state index in [1.54, 1.807) is 9.80 Å². The molecule has 0 aliphatic carbocycles. The van der Waals surface area contributed by atoms with Gasteiger partial charge in [0.2, 0.25) is 5.91 Å². The number of amides is 4. The number of allylic oxidation sites excluding steroid dienone is 1. The summed E-state index contributed by atoms with van der Waals surface area (Å²) in [6, 6.07) is 2.35. The van der Waals surface area contributed by atoms with Crippen LogP contribution in [0.2, 0.25) is 0 Å². The van der Waals surface area contributed by atoms with Gasteiger partial charge in [0.15, 0.2) is 0 Å². The monoisotopic (exact) mass is 503 g/mol. The van der Waals surface area contributed by atoms with E-state index >= 15 is 0 Å². The van der Waals surface area contributed by atoms with E-state index in [-0.39, 0.29) is 36.1 Å². The lowest BCUT2D eigenvalue weighted by Crippen LogP contribution is -2.62. The second kappa shape index (κ2) is 9.94. The number of carbonyl (C=O) groups is 3. The second-order valence-electron chi connectivity index (χ2n) is 10.00. The van der Waals surface area contributed by atoms with Crippen molar-refractivity contribution in [2.24, 2.45) is 0 Å². The molecule has 1 unspecified atom stereocenters. The molecular weight excluding hydrogens is 472 g/mol. The average molecular weight is 504 g/mol. The summed E-state index contributed by atoms with van der Waals surface area (Å²) in [6.45, 7) is 6.87. The fourth-order valence-corrected chi connectivity index (χ4v) is 5.27. The molecule has 0 bridgehead atoms. The Labute approximate surface area is 208 Å². The van der Waals surface area contributed by atoms with E-state index in [9.17, 15) is 23.2 Å². The van der Waals surface area contributed by atoms with Crippen molar-refractivity contribution >= 4 is 23.7 Å². The zero-order chi connectivity index (χ0) is 25.4. The normalized spacial score (nSPS) is 23.1. The van der Waals surface area contributed by atoms with Crippen molar-refractivity contribution in [2.45, 2.75) is 50.2 Å². The summed E-state index contributed by atoms with van der Waals surface area (Å²) in [6.07, 6.45) is 2.82. The number of carbonyl (C=O) groups excluding carboxylic acids is 3. The summed E-state index contributed by atoms with van der Waals surface area (Å²) >= 11 is 0. The summed E-state index contributed by atoms with van der Waals surface area (Å²) < 4.78 is 35.1. The summed E-state index contributed by atoms with van der Waals surface area (Å²) in [4.78, 5) is 41.4. The van der Waals surface area contributed by atoms with Gasteiger partial charge in [0.25, 0.3) is 0 Å². The molecule has 4 heterocycles. The van der Waals surface area contributed by atoms with Crippen molar-refractivity contribution in [3.8, 4) is 0 Å². The maximum atomic E-state index is 14.8. The van der Waals surface area contributed by atoms with Crippen molar-refractivity contribution in [3.63, 3.8) is 0 Å². The molecule has 0 aromatic heterocycles. The highest BCUT2D eigenvalue weighted by Crippen LogP contribution is 2.36. The van der Waals surface area contributed by atoms with Crippen molar-refractivity contribution in [1.29, 1.82) is 0 Å². The van der Waals surface area contributed by atoms with Crippen LogP contribution in [-0.4, -0.2) is 79.2 Å². The number of nitrogens with zero attached hydrogens (tertiary/aromatic N) is 3. The Morgan fingerprint density at radius 2 is 1.69 bits per heavy atom. The first-order chi connectivity index (χ1) is 17.3. The average Bonchev–Trinajstić information content (AvgIpc) is 2.79. The minimum Gasteiger partial charge on any atom is -0.442 e. The van der Waals surface area contributed by atoms with E-state index in [2.05, 4.69) is 17.2 Å². The Hall–Kier alpha value is -3.37. The van der Waals surface area contributed by atoms with Gasteiger partial charge in [-0.05, 0) is 37.8 Å². The van der Waals surface area contributed by atoms with Crippen LogP contribution in [0.1, 0.15) is 43.6 Å².